The minimum absolute atomic E-state index is 0.532. The standard InChI is InChI=1S/C22H16BNO2.C22H14BrN/c25-23(26)20-14-19-17-11-6-7-13-21(17)24(15-8-2-1-3-9-15)22(19)18-12-5-4-10-16(18)20;23-20-14-19-17-11-6-7-13-21(17)24(15-8-2-1-3-9-15)22(19)18-12-5-4-10-16(18)20/h1-14,25-26H;1-14H. The highest BCUT2D eigenvalue weighted by Gasteiger charge is 2.21. The van der Waals surface area contributed by atoms with Crippen molar-refractivity contribution in [1.29, 1.82) is 0 Å². The number of fused-ring (bicyclic) bond motifs is 10. The number of rotatable bonds is 3. The molecule has 0 aliphatic rings. The lowest BCUT2D eigenvalue weighted by atomic mass is 9.76. The third-order valence-electron chi connectivity index (χ3n) is 9.64. The van der Waals surface area contributed by atoms with Crippen LogP contribution in [0, 0.1) is 0 Å². The second-order valence-electron chi connectivity index (χ2n) is 12.5. The number of aromatic nitrogens is 2. The fourth-order valence-electron chi connectivity index (χ4n) is 7.53. The van der Waals surface area contributed by atoms with Crippen molar-refractivity contribution < 1.29 is 10.0 Å². The molecule has 0 spiro atoms. The molecule has 2 aromatic heterocycles. The molecule has 0 aliphatic carbocycles. The first-order valence-electron chi connectivity index (χ1n) is 16.6. The maximum absolute atomic E-state index is 9.93. The SMILES string of the molecule is Brc1cc2c3ccccc3n(-c3ccccc3)c2c2ccccc12.OB(O)c1cc2c3ccccc3n(-c3ccccc3)c2c2ccccc12. The van der Waals surface area contributed by atoms with E-state index in [0.717, 1.165) is 42.7 Å². The van der Waals surface area contributed by atoms with Gasteiger partial charge in [0.25, 0.3) is 0 Å². The minimum Gasteiger partial charge on any atom is -0.423 e. The zero-order valence-electron chi connectivity index (χ0n) is 26.9. The molecule has 8 aromatic carbocycles. The molecule has 0 aliphatic heterocycles. The van der Waals surface area contributed by atoms with Crippen molar-refractivity contribution in [3.8, 4) is 11.4 Å². The molecule has 0 atom stereocenters. The van der Waals surface area contributed by atoms with Gasteiger partial charge in [0.2, 0.25) is 0 Å². The Morgan fingerprint density at radius 1 is 0.380 bits per heavy atom. The fraction of sp³-hybridized carbons (Fsp3) is 0. The molecule has 50 heavy (non-hydrogen) atoms. The second kappa shape index (κ2) is 12.3. The van der Waals surface area contributed by atoms with Crippen LogP contribution in [0.1, 0.15) is 0 Å². The predicted octanol–water partition coefficient (Wildman–Crippen LogP) is 10.3. The molecule has 0 bridgehead atoms. The molecular weight excluding hydrogens is 679 g/mol. The molecule has 2 heterocycles. The van der Waals surface area contributed by atoms with E-state index in [0.29, 0.717) is 5.46 Å². The summed E-state index contributed by atoms with van der Waals surface area (Å²) in [6, 6.07) is 58.3. The van der Waals surface area contributed by atoms with Gasteiger partial charge in [0.05, 0.1) is 22.1 Å². The molecule has 0 saturated heterocycles. The van der Waals surface area contributed by atoms with Crippen molar-refractivity contribution in [2.75, 3.05) is 0 Å². The molecule has 6 heteroatoms. The number of halogens is 1. The van der Waals surface area contributed by atoms with Gasteiger partial charge in [-0.1, -0.05) is 143 Å². The fourth-order valence-corrected chi connectivity index (χ4v) is 8.11. The van der Waals surface area contributed by atoms with Crippen LogP contribution in [0.4, 0.5) is 0 Å². The number of hydrogen-bond donors (Lipinski definition) is 2. The zero-order chi connectivity index (χ0) is 33.8. The third-order valence-corrected chi connectivity index (χ3v) is 10.3. The second-order valence-corrected chi connectivity index (χ2v) is 13.3. The Kier molecular flexibility index (Phi) is 7.51. The van der Waals surface area contributed by atoms with Gasteiger partial charge in [-0.25, -0.2) is 0 Å². The Morgan fingerprint density at radius 3 is 1.26 bits per heavy atom. The highest BCUT2D eigenvalue weighted by molar-refractivity contribution is 9.10. The van der Waals surface area contributed by atoms with Gasteiger partial charge in [-0.05, 0) is 58.7 Å². The van der Waals surface area contributed by atoms with Gasteiger partial charge < -0.3 is 19.2 Å². The number of hydrogen-bond acceptors (Lipinski definition) is 2. The van der Waals surface area contributed by atoms with E-state index in [4.69, 9.17) is 0 Å². The summed E-state index contributed by atoms with van der Waals surface area (Å²) in [4.78, 5) is 0. The summed E-state index contributed by atoms with van der Waals surface area (Å²) in [6.45, 7) is 0. The van der Waals surface area contributed by atoms with Crippen molar-refractivity contribution in [3.63, 3.8) is 0 Å². The van der Waals surface area contributed by atoms with Crippen LogP contribution in [-0.2, 0) is 0 Å². The number of benzene rings is 8. The van der Waals surface area contributed by atoms with Crippen LogP contribution < -0.4 is 5.46 Å². The summed E-state index contributed by atoms with van der Waals surface area (Å²) >= 11 is 3.76. The Bertz CT molecular complexity index is 2860. The topological polar surface area (TPSA) is 50.3 Å². The van der Waals surface area contributed by atoms with E-state index in [1.165, 1.54) is 38.3 Å². The first kappa shape index (κ1) is 30.4. The van der Waals surface area contributed by atoms with Crippen molar-refractivity contribution in [3.05, 3.63) is 174 Å². The van der Waals surface area contributed by atoms with Crippen molar-refractivity contribution >= 4 is 93.7 Å². The summed E-state index contributed by atoms with van der Waals surface area (Å²) in [5.41, 5.74) is 7.49. The van der Waals surface area contributed by atoms with E-state index in [9.17, 15) is 10.0 Å². The lowest BCUT2D eigenvalue weighted by Gasteiger charge is -2.12. The molecule has 238 valence electrons. The molecule has 2 N–H and O–H groups in total. The number of para-hydroxylation sites is 4. The highest BCUT2D eigenvalue weighted by Crippen LogP contribution is 2.40. The molecule has 10 aromatic rings. The van der Waals surface area contributed by atoms with E-state index >= 15 is 0 Å². The van der Waals surface area contributed by atoms with E-state index in [1.807, 2.05) is 60.7 Å². The Hall–Kier alpha value is -5.66. The Balaban J connectivity index is 0.000000135. The van der Waals surface area contributed by atoms with Crippen LogP contribution >= 0.6 is 15.9 Å². The maximum atomic E-state index is 9.93. The van der Waals surface area contributed by atoms with Crippen molar-refractivity contribution in [2.24, 2.45) is 0 Å². The van der Waals surface area contributed by atoms with Gasteiger partial charge in [-0.15, -0.1) is 0 Å². The van der Waals surface area contributed by atoms with Crippen LogP contribution in [0.3, 0.4) is 0 Å². The smallest absolute Gasteiger partial charge is 0.423 e. The lowest BCUT2D eigenvalue weighted by molar-refractivity contribution is 0.426. The Morgan fingerprint density at radius 2 is 0.760 bits per heavy atom. The molecule has 0 fully saturated rings. The van der Waals surface area contributed by atoms with Crippen LogP contribution in [0.15, 0.2) is 174 Å². The van der Waals surface area contributed by atoms with Crippen LogP contribution in [0.2, 0.25) is 0 Å². The average Bonchev–Trinajstić information content (AvgIpc) is 3.69. The van der Waals surface area contributed by atoms with E-state index in [2.05, 4.69) is 134 Å². The first-order chi connectivity index (χ1) is 24.6. The summed E-state index contributed by atoms with van der Waals surface area (Å²) in [5.74, 6) is 0. The van der Waals surface area contributed by atoms with E-state index < -0.39 is 7.12 Å². The molecule has 0 radical (unpaired) electrons. The van der Waals surface area contributed by atoms with Gasteiger partial charge in [0.15, 0.2) is 0 Å². The molecule has 0 saturated carbocycles. The van der Waals surface area contributed by atoms with Gasteiger partial charge in [0.1, 0.15) is 0 Å². The van der Waals surface area contributed by atoms with Crippen molar-refractivity contribution in [2.45, 2.75) is 0 Å². The maximum Gasteiger partial charge on any atom is 0.489 e. The summed E-state index contributed by atoms with van der Waals surface area (Å²) < 4.78 is 5.77. The summed E-state index contributed by atoms with van der Waals surface area (Å²) in [6.07, 6.45) is 0. The van der Waals surface area contributed by atoms with Gasteiger partial charge >= 0.3 is 7.12 Å². The summed E-state index contributed by atoms with van der Waals surface area (Å²) in [7, 11) is -1.51. The summed E-state index contributed by atoms with van der Waals surface area (Å²) in [5, 5.41) is 28.9. The first-order valence-corrected chi connectivity index (χ1v) is 17.4. The largest absolute Gasteiger partial charge is 0.489 e. The molecule has 4 nitrogen and oxygen atoms in total. The predicted molar refractivity (Wildman–Crippen MR) is 214 cm³/mol. The highest BCUT2D eigenvalue weighted by atomic mass is 79.9. The minimum atomic E-state index is -1.51. The lowest BCUT2D eigenvalue weighted by Crippen LogP contribution is -2.30. The van der Waals surface area contributed by atoms with Crippen molar-refractivity contribution in [1.82, 2.24) is 9.13 Å². The quantitative estimate of drug-likeness (QED) is 0.180. The monoisotopic (exact) mass is 708 g/mol. The zero-order valence-corrected chi connectivity index (χ0v) is 28.5. The van der Waals surface area contributed by atoms with Crippen LogP contribution in [0.25, 0.3) is 76.5 Å². The molecule has 0 unspecified atom stereocenters. The molecule has 10 rings (SSSR count). The Labute approximate surface area is 297 Å². The van der Waals surface area contributed by atoms with E-state index in [1.54, 1.807) is 0 Å². The molecule has 0 amide bonds. The number of nitrogens with zero attached hydrogens (tertiary/aromatic N) is 2. The van der Waals surface area contributed by atoms with Crippen LogP contribution in [-0.4, -0.2) is 26.3 Å². The van der Waals surface area contributed by atoms with Gasteiger partial charge in [0, 0.05) is 48.2 Å². The average molecular weight is 709 g/mol. The van der Waals surface area contributed by atoms with Gasteiger partial charge in [-0.3, -0.25) is 0 Å². The van der Waals surface area contributed by atoms with Gasteiger partial charge in [-0.2, -0.15) is 0 Å². The normalized spacial score (nSPS) is 11.5. The van der Waals surface area contributed by atoms with Crippen LogP contribution in [0.5, 0.6) is 0 Å². The third kappa shape index (κ3) is 4.84. The van der Waals surface area contributed by atoms with E-state index in [-0.39, 0.29) is 0 Å². The molecular formula is C44H30BBrN2O2.